The molecule has 2 bridgehead atoms. The highest BCUT2D eigenvalue weighted by Gasteiger charge is 2.78. The van der Waals surface area contributed by atoms with Crippen LogP contribution in [0.2, 0.25) is 0 Å². The first-order valence-electron chi connectivity index (χ1n) is 22.5. The lowest BCUT2D eigenvalue weighted by Crippen LogP contribution is -2.80. The number of carbonyl (C=O) groups excluding carboxylic acids is 7. The van der Waals surface area contributed by atoms with Crippen LogP contribution in [0.15, 0.2) is 102 Å². The second kappa shape index (κ2) is 19.3. The first kappa shape index (κ1) is 50.1. The molecule has 362 valence electrons. The van der Waals surface area contributed by atoms with Crippen LogP contribution in [0.5, 0.6) is 0 Å². The maximum Gasteiger partial charge on any atom is 0.350 e. The highest BCUT2D eigenvalue weighted by Crippen LogP contribution is 2.65. The number of alkyl halides is 1. The summed E-state index contributed by atoms with van der Waals surface area (Å²) in [6.07, 6.45) is -9.25. The van der Waals surface area contributed by atoms with Crippen molar-refractivity contribution in [2.75, 3.05) is 6.61 Å². The van der Waals surface area contributed by atoms with Crippen molar-refractivity contribution in [3.05, 3.63) is 119 Å². The summed E-state index contributed by atoms with van der Waals surface area (Å²) in [5.41, 5.74) is -5.59. The Bertz CT molecular complexity index is 2480. The Morgan fingerprint density at radius 2 is 1.43 bits per heavy atom. The predicted molar refractivity (Wildman–Crippen MR) is 244 cm³/mol. The van der Waals surface area contributed by atoms with E-state index in [4.69, 9.17) is 28.4 Å². The lowest BCUT2D eigenvalue weighted by molar-refractivity contribution is -0.410. The third-order valence-electron chi connectivity index (χ3n) is 14.3. The molecule has 1 unspecified atom stereocenters. The van der Waals surface area contributed by atoms with E-state index in [1.165, 1.54) is 26.0 Å². The minimum atomic E-state index is -2.47. The molecule has 0 spiro atoms. The zero-order chi connectivity index (χ0) is 49.5. The second-order valence-electron chi connectivity index (χ2n) is 18.6. The molecule has 3 aromatic rings. The normalized spacial score (nSPS) is 30.5. The molecule has 1 amide bonds. The first-order valence-corrected chi connectivity index (χ1v) is 23.4. The van der Waals surface area contributed by atoms with Gasteiger partial charge in [0.05, 0.1) is 35.5 Å². The fourth-order valence-corrected chi connectivity index (χ4v) is 10.7. The van der Waals surface area contributed by atoms with E-state index in [1.807, 2.05) is 0 Å². The first-order chi connectivity index (χ1) is 32.1. The average molecular weight is 1000 g/mol. The molecule has 1 saturated heterocycles. The van der Waals surface area contributed by atoms with Gasteiger partial charge >= 0.3 is 29.8 Å². The number of nitrogens with one attached hydrogen (secondary N) is 1. The lowest BCUT2D eigenvalue weighted by atomic mass is 9.45. The van der Waals surface area contributed by atoms with Crippen molar-refractivity contribution in [1.29, 1.82) is 0 Å². The Balaban J connectivity index is 1.43. The average Bonchev–Trinajstić information content (AvgIpc) is 3.31. The minimum Gasteiger partial charge on any atom is -0.455 e. The molecule has 4 aliphatic rings. The van der Waals surface area contributed by atoms with Crippen molar-refractivity contribution < 1.29 is 72.2 Å². The van der Waals surface area contributed by atoms with Gasteiger partial charge in [-0.05, 0) is 67.7 Å². The number of fused-ring (bicyclic) bond motifs is 5. The number of amides is 1. The quantitative estimate of drug-likeness (QED) is 0.0812. The number of rotatable bonds is 13. The van der Waals surface area contributed by atoms with Crippen molar-refractivity contribution in [2.24, 2.45) is 22.7 Å². The number of benzene rings is 3. The van der Waals surface area contributed by atoms with Crippen molar-refractivity contribution in [3.8, 4) is 0 Å². The smallest absolute Gasteiger partial charge is 0.350 e. The molecule has 3 aromatic carbocycles. The standard InChI is InChI=1S/C51H56BrNO15/c1-8-34(52)46(60)66-40(38(30-18-12-9-13-19-30)53-44(58)31-20-14-10-15-21-31)47(61)65-35-25-50(62)43(67-45(59)32-22-16-11-17-23-32)41-49(7,36(56)24-33-26-63-51(33,41)68-29(4)55)42(57)39(64-28(3)54)37(27(35)2)48(50,5)6/h9-23,33-36,38-41,43,56,62H,8,24-26H2,1-7H3,(H,53,58)/t33-,34?,35-,36-,38-,39+,40+,41-,43-,49+,50+,51-/m0/s1. The van der Waals surface area contributed by atoms with Gasteiger partial charge in [0.2, 0.25) is 11.9 Å². The Morgan fingerprint density at radius 1 is 0.838 bits per heavy atom. The van der Waals surface area contributed by atoms with Gasteiger partial charge in [-0.25, -0.2) is 9.59 Å². The zero-order valence-corrected chi connectivity index (χ0v) is 40.4. The molecule has 16 nitrogen and oxygen atoms in total. The Morgan fingerprint density at radius 3 is 1.97 bits per heavy atom. The van der Waals surface area contributed by atoms with Gasteiger partial charge in [-0.3, -0.25) is 24.0 Å². The summed E-state index contributed by atoms with van der Waals surface area (Å²) in [6, 6.07) is 22.9. The van der Waals surface area contributed by atoms with Crippen LogP contribution in [-0.4, -0.2) is 105 Å². The van der Waals surface area contributed by atoms with Crippen molar-refractivity contribution in [3.63, 3.8) is 0 Å². The van der Waals surface area contributed by atoms with Crippen LogP contribution in [0.3, 0.4) is 0 Å². The fraction of sp³-hybridized carbons (Fsp3) is 0.471. The van der Waals surface area contributed by atoms with Gasteiger partial charge in [0.25, 0.3) is 5.91 Å². The fourth-order valence-electron chi connectivity index (χ4n) is 10.6. The molecule has 1 aliphatic heterocycles. The molecular formula is C51H56BrNO15. The van der Waals surface area contributed by atoms with Crippen LogP contribution >= 0.6 is 15.9 Å². The van der Waals surface area contributed by atoms with E-state index >= 15 is 9.59 Å². The summed E-state index contributed by atoms with van der Waals surface area (Å²) >= 11 is 3.30. The molecule has 2 saturated carbocycles. The molecule has 17 heteroatoms. The van der Waals surface area contributed by atoms with Gasteiger partial charge in [-0.2, -0.15) is 0 Å². The number of Topliss-reactive ketones (excluding diaryl/α,β-unsaturated/α-hetero) is 1. The van der Waals surface area contributed by atoms with Gasteiger partial charge in [0, 0.05) is 31.2 Å². The van der Waals surface area contributed by atoms with Crippen LogP contribution in [-0.2, 0) is 52.4 Å². The van der Waals surface area contributed by atoms with Gasteiger partial charge in [0.1, 0.15) is 28.7 Å². The van der Waals surface area contributed by atoms with Crippen molar-refractivity contribution in [2.45, 2.75) is 121 Å². The number of esters is 5. The Hall–Kier alpha value is -5.75. The summed E-state index contributed by atoms with van der Waals surface area (Å²) in [5, 5.41) is 28.9. The number of halogens is 1. The number of carbonyl (C=O) groups is 7. The molecule has 7 rings (SSSR count). The summed E-state index contributed by atoms with van der Waals surface area (Å²) < 4.78 is 36.9. The number of ether oxygens (including phenoxy) is 6. The molecule has 12 atom stereocenters. The second-order valence-corrected chi connectivity index (χ2v) is 19.7. The van der Waals surface area contributed by atoms with E-state index < -0.39 is 123 Å². The SMILES string of the molecule is CCC(Br)C(=O)O[C@@H](C(=O)O[C@H]1C[C@@]2(O)[C@@H](OC(=O)c3ccccc3)[C@@H]3[C@]4(OC(C)=O)OC[C@@H]4C[C@H](O)[C@@]3(C)C(=O)[C@H](OC(C)=O)C(=C1C)C2(C)C)[C@@H](NC(=O)c1ccccc1)c1ccccc1. The largest absolute Gasteiger partial charge is 0.455 e. The monoisotopic (exact) mass is 1000 g/mol. The minimum absolute atomic E-state index is 0.0351. The zero-order valence-electron chi connectivity index (χ0n) is 38.8. The molecule has 1 heterocycles. The number of ketones is 1. The highest BCUT2D eigenvalue weighted by molar-refractivity contribution is 9.10. The van der Waals surface area contributed by atoms with E-state index in [0.717, 1.165) is 13.8 Å². The van der Waals surface area contributed by atoms with E-state index in [0.29, 0.717) is 5.56 Å². The van der Waals surface area contributed by atoms with E-state index in [2.05, 4.69) is 21.2 Å². The van der Waals surface area contributed by atoms with Crippen LogP contribution in [0, 0.1) is 22.7 Å². The highest BCUT2D eigenvalue weighted by atomic mass is 79.9. The van der Waals surface area contributed by atoms with Crippen LogP contribution in [0.25, 0.3) is 0 Å². The maximum absolute atomic E-state index is 15.7. The van der Waals surface area contributed by atoms with Crippen LogP contribution in [0.1, 0.15) is 100 Å². The number of hydrogen-bond acceptors (Lipinski definition) is 15. The van der Waals surface area contributed by atoms with Crippen molar-refractivity contribution >= 4 is 57.5 Å². The lowest BCUT2D eigenvalue weighted by Gasteiger charge is -2.67. The number of aliphatic hydroxyl groups is 2. The molecule has 3 aliphatic carbocycles. The number of hydrogen-bond donors (Lipinski definition) is 3. The molecule has 0 aromatic heterocycles. The maximum atomic E-state index is 15.7. The molecule has 68 heavy (non-hydrogen) atoms. The van der Waals surface area contributed by atoms with Gasteiger partial charge < -0.3 is 44.0 Å². The van der Waals surface area contributed by atoms with Crippen LogP contribution in [0.4, 0.5) is 0 Å². The van der Waals surface area contributed by atoms with Crippen LogP contribution < -0.4 is 5.32 Å². The third kappa shape index (κ3) is 8.78. The summed E-state index contributed by atoms with van der Waals surface area (Å²) in [5.74, 6) is -10.8. The van der Waals surface area contributed by atoms with Gasteiger partial charge in [0.15, 0.2) is 11.9 Å². The van der Waals surface area contributed by atoms with Crippen molar-refractivity contribution in [1.82, 2.24) is 5.32 Å². The predicted octanol–water partition coefficient (Wildman–Crippen LogP) is 5.67. The Labute approximate surface area is 402 Å². The number of aliphatic hydroxyl groups excluding tert-OH is 1. The Kier molecular flexibility index (Phi) is 14.3. The topological polar surface area (TPSA) is 227 Å². The van der Waals surface area contributed by atoms with E-state index in [9.17, 15) is 34.2 Å². The molecular weight excluding hydrogens is 946 g/mol. The molecule has 3 N–H and O–H groups in total. The summed E-state index contributed by atoms with van der Waals surface area (Å²) in [7, 11) is 0. The van der Waals surface area contributed by atoms with Gasteiger partial charge in [-0.1, -0.05) is 103 Å². The summed E-state index contributed by atoms with van der Waals surface area (Å²) in [6.45, 7) is 9.86. The van der Waals surface area contributed by atoms with E-state index in [-0.39, 0.29) is 41.7 Å². The third-order valence-corrected chi connectivity index (χ3v) is 15.3. The molecule has 0 radical (unpaired) electrons. The summed E-state index contributed by atoms with van der Waals surface area (Å²) in [4.78, 5) is 98.1. The molecule has 3 fully saturated rings. The van der Waals surface area contributed by atoms with E-state index in [1.54, 1.807) is 99.6 Å². The van der Waals surface area contributed by atoms with Gasteiger partial charge in [-0.15, -0.1) is 0 Å².